The van der Waals surface area contributed by atoms with Crippen molar-refractivity contribution in [3.05, 3.63) is 138 Å². The molecule has 0 unspecified atom stereocenters. The van der Waals surface area contributed by atoms with Gasteiger partial charge in [-0.05, 0) is 41.0 Å². The van der Waals surface area contributed by atoms with Gasteiger partial charge in [0.1, 0.15) is 12.4 Å². The van der Waals surface area contributed by atoms with Gasteiger partial charge in [0.05, 0.1) is 0 Å². The predicted molar refractivity (Wildman–Crippen MR) is 128 cm³/mol. The van der Waals surface area contributed by atoms with Gasteiger partial charge in [-0.25, -0.2) is 4.79 Å². The maximum Gasteiger partial charge on any atom is 0.348 e. The molecule has 0 radical (unpaired) electrons. The van der Waals surface area contributed by atoms with Gasteiger partial charge in [-0.2, -0.15) is 0 Å². The molecule has 0 atom stereocenters. The fourth-order valence-corrected chi connectivity index (χ4v) is 3.56. The molecule has 0 fully saturated rings. The molecule has 0 saturated heterocycles. The van der Waals surface area contributed by atoms with Crippen LogP contribution < -0.4 is 4.74 Å². The highest BCUT2D eigenvalue weighted by Gasteiger charge is 2.41. The van der Waals surface area contributed by atoms with Crippen molar-refractivity contribution in [2.24, 2.45) is 0 Å². The van der Waals surface area contributed by atoms with Gasteiger partial charge in [0.2, 0.25) is 5.60 Å². The number of hydrogen-bond donors (Lipinski definition) is 1. The summed E-state index contributed by atoms with van der Waals surface area (Å²) in [5.41, 5.74) is 0.108. The molecule has 4 rings (SSSR count). The maximum atomic E-state index is 13.0. The molecule has 5 heteroatoms. The molecule has 4 aromatic rings. The van der Waals surface area contributed by atoms with Crippen LogP contribution in [-0.2, 0) is 21.7 Å². The lowest BCUT2D eigenvalue weighted by Gasteiger charge is -2.26. The lowest BCUT2D eigenvalue weighted by Crippen LogP contribution is -2.39. The fourth-order valence-electron chi connectivity index (χ4n) is 3.56. The third kappa shape index (κ3) is 5.22. The van der Waals surface area contributed by atoms with Crippen molar-refractivity contribution in [3.63, 3.8) is 0 Å². The molecule has 0 bridgehead atoms. The number of esters is 1. The van der Waals surface area contributed by atoms with Gasteiger partial charge in [-0.3, -0.25) is 4.79 Å². The molecule has 0 aliphatic heterocycles. The van der Waals surface area contributed by atoms with Crippen LogP contribution in [-0.4, -0.2) is 23.5 Å². The molecule has 1 N–H and O–H groups in total. The first-order chi connectivity index (χ1) is 16.6. The molecule has 5 nitrogen and oxygen atoms in total. The zero-order valence-electron chi connectivity index (χ0n) is 18.5. The van der Waals surface area contributed by atoms with E-state index in [-0.39, 0.29) is 5.78 Å². The molecular weight excluding hydrogens is 428 g/mol. The zero-order valence-corrected chi connectivity index (χ0v) is 18.5. The van der Waals surface area contributed by atoms with Crippen molar-refractivity contribution in [2.75, 3.05) is 6.61 Å². The monoisotopic (exact) mass is 452 g/mol. The molecule has 0 heterocycles. The van der Waals surface area contributed by atoms with Crippen LogP contribution >= 0.6 is 0 Å². The zero-order chi connectivity index (χ0) is 23.8. The number of hydrogen-bond acceptors (Lipinski definition) is 5. The first-order valence-electron chi connectivity index (χ1n) is 10.9. The van der Waals surface area contributed by atoms with Crippen LogP contribution in [0.5, 0.6) is 5.75 Å². The molecule has 4 aromatic carbocycles. The van der Waals surface area contributed by atoms with Gasteiger partial charge in [0.25, 0.3) is 0 Å². The predicted octanol–water partition coefficient (Wildman–Crippen LogP) is 4.93. The quantitative estimate of drug-likeness (QED) is 0.288. The molecule has 34 heavy (non-hydrogen) atoms. The molecule has 0 spiro atoms. The third-order valence-corrected chi connectivity index (χ3v) is 5.44. The summed E-state index contributed by atoms with van der Waals surface area (Å²) in [6, 6.07) is 33.5. The Kier molecular flexibility index (Phi) is 7.16. The van der Waals surface area contributed by atoms with E-state index >= 15 is 0 Å². The van der Waals surface area contributed by atoms with Crippen molar-refractivity contribution < 1.29 is 24.2 Å². The Morgan fingerprint density at radius 2 is 1.18 bits per heavy atom. The number of rotatable bonds is 9. The number of ether oxygens (including phenoxy) is 2. The van der Waals surface area contributed by atoms with Crippen LogP contribution in [0.15, 0.2) is 115 Å². The Balaban J connectivity index is 1.41. The lowest BCUT2D eigenvalue weighted by atomic mass is 9.86. The summed E-state index contributed by atoms with van der Waals surface area (Å²) in [6.45, 7) is -0.0751. The minimum Gasteiger partial charge on any atom is -0.489 e. The van der Waals surface area contributed by atoms with Crippen molar-refractivity contribution in [3.8, 4) is 5.75 Å². The highest BCUT2D eigenvalue weighted by Crippen LogP contribution is 2.31. The Hall–Kier alpha value is -4.22. The van der Waals surface area contributed by atoms with Gasteiger partial charge in [0.15, 0.2) is 12.4 Å². The Morgan fingerprint density at radius 3 is 1.71 bits per heavy atom. The number of benzene rings is 4. The van der Waals surface area contributed by atoms with Crippen LogP contribution in [0.1, 0.15) is 27.0 Å². The van der Waals surface area contributed by atoms with Crippen molar-refractivity contribution in [2.45, 2.75) is 12.2 Å². The summed E-state index contributed by atoms with van der Waals surface area (Å²) in [7, 11) is 0. The minimum atomic E-state index is -2.03. The molecule has 0 saturated carbocycles. The molecular formula is C29H24O5. The largest absolute Gasteiger partial charge is 0.489 e. The van der Waals surface area contributed by atoms with Crippen molar-refractivity contribution >= 4 is 11.8 Å². The fraction of sp³-hybridized carbons (Fsp3) is 0.103. The summed E-state index contributed by atoms with van der Waals surface area (Å²) in [4.78, 5) is 25.7. The van der Waals surface area contributed by atoms with Crippen molar-refractivity contribution in [1.82, 2.24) is 0 Å². The molecule has 0 aliphatic rings. The second-order valence-electron chi connectivity index (χ2n) is 7.74. The van der Waals surface area contributed by atoms with Gasteiger partial charge in [0, 0.05) is 5.56 Å². The summed E-state index contributed by atoms with van der Waals surface area (Å²) < 4.78 is 11.0. The Labute approximate surface area is 198 Å². The van der Waals surface area contributed by atoms with Gasteiger partial charge in [-0.1, -0.05) is 91.0 Å². The van der Waals surface area contributed by atoms with E-state index in [1.807, 2.05) is 30.3 Å². The summed E-state index contributed by atoms with van der Waals surface area (Å²) in [6.07, 6.45) is 0. The first-order valence-corrected chi connectivity index (χ1v) is 10.9. The summed E-state index contributed by atoms with van der Waals surface area (Å²) in [5, 5.41) is 11.4. The second-order valence-corrected chi connectivity index (χ2v) is 7.74. The first kappa shape index (κ1) is 23.0. The lowest BCUT2D eigenvalue weighted by molar-refractivity contribution is -0.160. The Bertz CT molecular complexity index is 1180. The summed E-state index contributed by atoms with van der Waals surface area (Å²) >= 11 is 0. The number of carbonyl (C=O) groups excluding carboxylic acids is 2. The van der Waals surface area contributed by atoms with Crippen LogP contribution in [0.3, 0.4) is 0 Å². The van der Waals surface area contributed by atoms with E-state index in [1.165, 1.54) is 0 Å². The normalized spacial score (nSPS) is 11.0. The van der Waals surface area contributed by atoms with Gasteiger partial charge < -0.3 is 14.6 Å². The highest BCUT2D eigenvalue weighted by atomic mass is 16.6. The van der Waals surface area contributed by atoms with E-state index in [2.05, 4.69) is 0 Å². The summed E-state index contributed by atoms with van der Waals surface area (Å²) in [5.74, 6) is -0.674. The van der Waals surface area contributed by atoms with E-state index in [9.17, 15) is 14.7 Å². The molecule has 0 aliphatic carbocycles. The maximum absolute atomic E-state index is 13.0. The van der Waals surface area contributed by atoms with Crippen LogP contribution in [0.2, 0.25) is 0 Å². The second kappa shape index (κ2) is 10.6. The van der Waals surface area contributed by atoms with Gasteiger partial charge in [-0.15, -0.1) is 0 Å². The number of Topliss-reactive ketones (excluding diaryl/α,β-unsaturated/α-hetero) is 1. The molecule has 0 amide bonds. The average molecular weight is 453 g/mol. The molecule has 170 valence electrons. The van der Waals surface area contributed by atoms with Crippen LogP contribution in [0, 0.1) is 0 Å². The topological polar surface area (TPSA) is 72.8 Å². The van der Waals surface area contributed by atoms with E-state index in [0.717, 1.165) is 5.56 Å². The van der Waals surface area contributed by atoms with E-state index < -0.39 is 18.2 Å². The standard InChI is InChI=1S/C29H24O5/c30-27(23-16-18-26(19-17-23)33-20-22-10-4-1-5-11-22)21-34-28(31)29(32,24-12-6-2-7-13-24)25-14-8-3-9-15-25/h1-19,32H,20-21H2. The van der Waals surface area contributed by atoms with E-state index in [1.54, 1.807) is 84.9 Å². The molecule has 0 aromatic heterocycles. The average Bonchev–Trinajstić information content (AvgIpc) is 2.91. The van der Waals surface area contributed by atoms with E-state index in [0.29, 0.717) is 29.0 Å². The third-order valence-electron chi connectivity index (χ3n) is 5.44. The number of aliphatic hydroxyl groups is 1. The Morgan fingerprint density at radius 1 is 0.676 bits per heavy atom. The SMILES string of the molecule is O=C(COC(=O)C(O)(c1ccccc1)c1ccccc1)c1ccc(OCc2ccccc2)cc1. The number of carbonyl (C=O) groups is 2. The van der Waals surface area contributed by atoms with E-state index in [4.69, 9.17) is 9.47 Å². The van der Waals surface area contributed by atoms with Crippen LogP contribution in [0.4, 0.5) is 0 Å². The van der Waals surface area contributed by atoms with Crippen molar-refractivity contribution in [1.29, 1.82) is 0 Å². The smallest absolute Gasteiger partial charge is 0.348 e. The number of ketones is 1. The minimum absolute atomic E-state index is 0.360. The van der Waals surface area contributed by atoms with Crippen LogP contribution in [0.25, 0.3) is 0 Å². The van der Waals surface area contributed by atoms with Gasteiger partial charge >= 0.3 is 5.97 Å². The highest BCUT2D eigenvalue weighted by molar-refractivity contribution is 5.98.